The second-order valence-corrected chi connectivity index (χ2v) is 8.23. The molecule has 128 valence electrons. The molecule has 0 atom stereocenters. The molecule has 3 rings (SSSR count). The van der Waals surface area contributed by atoms with Gasteiger partial charge >= 0.3 is 0 Å². The minimum atomic E-state index is -0.311. The highest BCUT2D eigenvalue weighted by atomic mass is 79.9. The molecular formula is C18H14Br2N2O2S. The first-order chi connectivity index (χ1) is 11.9. The molecule has 0 fully saturated rings. The van der Waals surface area contributed by atoms with Crippen molar-refractivity contribution in [2.75, 3.05) is 0 Å². The Labute approximate surface area is 166 Å². The van der Waals surface area contributed by atoms with Gasteiger partial charge in [0.2, 0.25) is 0 Å². The summed E-state index contributed by atoms with van der Waals surface area (Å²) in [7, 11) is 0. The van der Waals surface area contributed by atoms with E-state index in [-0.39, 0.29) is 11.1 Å². The van der Waals surface area contributed by atoms with E-state index in [4.69, 9.17) is 10.5 Å². The second-order valence-electron chi connectivity index (χ2n) is 5.46. The fourth-order valence-electron chi connectivity index (χ4n) is 2.34. The van der Waals surface area contributed by atoms with Gasteiger partial charge in [-0.05, 0) is 79.9 Å². The number of thioether (sulfide) groups is 1. The third-order valence-corrected chi connectivity index (χ3v) is 5.41. The van der Waals surface area contributed by atoms with Gasteiger partial charge in [-0.15, -0.1) is 0 Å². The molecule has 2 aromatic rings. The van der Waals surface area contributed by atoms with E-state index >= 15 is 0 Å². The molecule has 2 N–H and O–H groups in total. The van der Waals surface area contributed by atoms with Crippen LogP contribution >= 0.6 is 43.6 Å². The predicted molar refractivity (Wildman–Crippen MR) is 110 cm³/mol. The van der Waals surface area contributed by atoms with Gasteiger partial charge in [-0.1, -0.05) is 29.8 Å². The molecule has 0 saturated carbocycles. The van der Waals surface area contributed by atoms with Crippen molar-refractivity contribution in [1.82, 2.24) is 0 Å². The lowest BCUT2D eigenvalue weighted by Crippen LogP contribution is -2.01. The molecule has 0 aliphatic carbocycles. The van der Waals surface area contributed by atoms with Gasteiger partial charge in [0.25, 0.3) is 5.91 Å². The van der Waals surface area contributed by atoms with Gasteiger partial charge < -0.3 is 10.5 Å². The number of nitrogens with zero attached hydrogens (tertiary/aromatic N) is 1. The maximum absolute atomic E-state index is 11.7. The lowest BCUT2D eigenvalue weighted by Gasteiger charge is -2.12. The Morgan fingerprint density at radius 2 is 1.96 bits per heavy atom. The normalized spacial score (nSPS) is 15.6. The summed E-state index contributed by atoms with van der Waals surface area (Å²) in [5, 5.41) is 0.271. The largest absolute Gasteiger partial charge is 0.487 e. The van der Waals surface area contributed by atoms with Crippen LogP contribution in [0.25, 0.3) is 6.08 Å². The highest BCUT2D eigenvalue weighted by molar-refractivity contribution is 9.11. The first-order valence-electron chi connectivity index (χ1n) is 7.38. The van der Waals surface area contributed by atoms with E-state index in [1.165, 1.54) is 17.3 Å². The molecule has 0 unspecified atom stereocenters. The molecule has 1 aliphatic rings. The number of amides is 1. The molecule has 0 bridgehead atoms. The zero-order chi connectivity index (χ0) is 18.0. The molecular weight excluding hydrogens is 468 g/mol. The lowest BCUT2D eigenvalue weighted by atomic mass is 10.1. The van der Waals surface area contributed by atoms with Crippen molar-refractivity contribution in [2.45, 2.75) is 13.5 Å². The number of nitrogens with two attached hydrogens (primary N) is 1. The van der Waals surface area contributed by atoms with Crippen LogP contribution in [0.5, 0.6) is 5.75 Å². The number of aliphatic imine (C=N–C) groups is 1. The maximum atomic E-state index is 11.7. The van der Waals surface area contributed by atoms with Crippen LogP contribution in [-0.4, -0.2) is 11.1 Å². The van der Waals surface area contributed by atoms with E-state index in [9.17, 15) is 4.79 Å². The predicted octanol–water partition coefficient (Wildman–Crippen LogP) is 5.03. The SMILES string of the molecule is Cc1cccc(COc2c(Br)cc(C=C3SC(N)=NC3=O)cc2Br)c1. The van der Waals surface area contributed by atoms with E-state index in [0.717, 1.165) is 20.1 Å². The van der Waals surface area contributed by atoms with E-state index in [0.29, 0.717) is 17.3 Å². The number of halogens is 2. The summed E-state index contributed by atoms with van der Waals surface area (Å²) in [6, 6.07) is 12.0. The summed E-state index contributed by atoms with van der Waals surface area (Å²) in [6.45, 7) is 2.52. The topological polar surface area (TPSA) is 64.7 Å². The van der Waals surface area contributed by atoms with Crippen molar-refractivity contribution in [1.29, 1.82) is 0 Å². The molecule has 0 saturated heterocycles. The van der Waals surface area contributed by atoms with Gasteiger partial charge in [-0.3, -0.25) is 4.79 Å². The summed E-state index contributed by atoms with van der Waals surface area (Å²) >= 11 is 8.24. The molecule has 0 spiro atoms. The van der Waals surface area contributed by atoms with Crippen molar-refractivity contribution in [3.8, 4) is 5.75 Å². The van der Waals surface area contributed by atoms with Gasteiger partial charge in [-0.2, -0.15) is 4.99 Å². The average Bonchev–Trinajstić information content (AvgIpc) is 2.84. The van der Waals surface area contributed by atoms with E-state index in [1.807, 2.05) is 24.3 Å². The van der Waals surface area contributed by atoms with E-state index < -0.39 is 0 Å². The lowest BCUT2D eigenvalue weighted by molar-refractivity contribution is -0.113. The fourth-order valence-corrected chi connectivity index (χ4v) is 4.47. The van der Waals surface area contributed by atoms with Crippen LogP contribution in [0.4, 0.5) is 0 Å². The molecule has 1 aliphatic heterocycles. The quantitative estimate of drug-likeness (QED) is 0.622. The van der Waals surface area contributed by atoms with Gasteiger partial charge in [0.05, 0.1) is 13.9 Å². The number of ether oxygens (including phenoxy) is 1. The van der Waals surface area contributed by atoms with Crippen LogP contribution in [0.2, 0.25) is 0 Å². The number of amidine groups is 1. The van der Waals surface area contributed by atoms with Crippen LogP contribution in [0.15, 0.2) is 55.2 Å². The van der Waals surface area contributed by atoms with E-state index in [1.54, 1.807) is 6.08 Å². The number of aryl methyl sites for hydroxylation is 1. The van der Waals surface area contributed by atoms with Crippen LogP contribution < -0.4 is 10.5 Å². The third kappa shape index (κ3) is 4.54. The Balaban J connectivity index is 1.79. The zero-order valence-electron chi connectivity index (χ0n) is 13.3. The molecule has 0 radical (unpaired) electrons. The average molecular weight is 482 g/mol. The van der Waals surface area contributed by atoms with Gasteiger partial charge in [0.15, 0.2) is 5.17 Å². The summed E-state index contributed by atoms with van der Waals surface area (Å²) < 4.78 is 7.54. The molecule has 1 amide bonds. The van der Waals surface area contributed by atoms with Gasteiger partial charge in [0, 0.05) is 0 Å². The maximum Gasteiger partial charge on any atom is 0.286 e. The van der Waals surface area contributed by atoms with Crippen LogP contribution in [-0.2, 0) is 11.4 Å². The number of hydrogen-bond donors (Lipinski definition) is 1. The molecule has 0 aromatic heterocycles. The Kier molecular flexibility index (Phi) is 5.66. The Bertz CT molecular complexity index is 887. The molecule has 25 heavy (non-hydrogen) atoms. The van der Waals surface area contributed by atoms with Crippen LogP contribution in [0.3, 0.4) is 0 Å². The fraction of sp³-hybridized carbons (Fsp3) is 0.111. The number of carbonyl (C=O) groups excluding carboxylic acids is 1. The zero-order valence-corrected chi connectivity index (χ0v) is 17.2. The van der Waals surface area contributed by atoms with Crippen molar-refractivity contribution < 1.29 is 9.53 Å². The summed E-state index contributed by atoms with van der Waals surface area (Å²) in [4.78, 5) is 15.9. The van der Waals surface area contributed by atoms with Crippen LogP contribution in [0.1, 0.15) is 16.7 Å². The first-order valence-corrected chi connectivity index (χ1v) is 9.78. The molecule has 4 nitrogen and oxygen atoms in total. The molecule has 7 heteroatoms. The Morgan fingerprint density at radius 3 is 2.56 bits per heavy atom. The van der Waals surface area contributed by atoms with Gasteiger partial charge in [-0.25, -0.2) is 0 Å². The minimum Gasteiger partial charge on any atom is -0.487 e. The Hall–Kier alpha value is -1.57. The smallest absolute Gasteiger partial charge is 0.286 e. The number of benzene rings is 2. The second kappa shape index (κ2) is 7.76. The highest BCUT2D eigenvalue weighted by Crippen LogP contribution is 2.37. The Morgan fingerprint density at radius 1 is 1.24 bits per heavy atom. The number of carbonyl (C=O) groups is 1. The molecule has 1 heterocycles. The highest BCUT2D eigenvalue weighted by Gasteiger charge is 2.20. The summed E-state index contributed by atoms with van der Waals surface area (Å²) in [5.74, 6) is 0.402. The summed E-state index contributed by atoms with van der Waals surface area (Å²) in [6.07, 6.45) is 1.76. The minimum absolute atomic E-state index is 0.271. The molecule has 2 aromatic carbocycles. The number of rotatable bonds is 4. The van der Waals surface area contributed by atoms with Crippen molar-refractivity contribution >= 4 is 60.8 Å². The van der Waals surface area contributed by atoms with Crippen molar-refractivity contribution in [3.63, 3.8) is 0 Å². The first kappa shape index (κ1) is 18.2. The van der Waals surface area contributed by atoms with Gasteiger partial charge in [0.1, 0.15) is 12.4 Å². The third-order valence-electron chi connectivity index (χ3n) is 3.42. The van der Waals surface area contributed by atoms with Crippen LogP contribution in [0, 0.1) is 6.92 Å². The van der Waals surface area contributed by atoms with Crippen molar-refractivity contribution in [2.24, 2.45) is 10.7 Å². The standard InChI is InChI=1S/C18H14Br2N2O2S/c1-10-3-2-4-11(5-10)9-24-16-13(19)6-12(7-14(16)20)8-15-17(23)22-18(21)25-15/h2-8H,9H2,1H3,(H2,21,22,23). The number of hydrogen-bond acceptors (Lipinski definition) is 4. The summed E-state index contributed by atoms with van der Waals surface area (Å²) in [5.41, 5.74) is 8.72. The van der Waals surface area contributed by atoms with Crippen molar-refractivity contribution in [3.05, 3.63) is 66.9 Å². The van der Waals surface area contributed by atoms with E-state index in [2.05, 4.69) is 55.9 Å². The monoisotopic (exact) mass is 480 g/mol.